The van der Waals surface area contributed by atoms with Crippen molar-refractivity contribution in [2.75, 3.05) is 25.0 Å². The van der Waals surface area contributed by atoms with Crippen molar-refractivity contribution in [1.29, 1.82) is 0 Å². The molecule has 0 saturated carbocycles. The van der Waals surface area contributed by atoms with Crippen LogP contribution in [0.3, 0.4) is 0 Å². The molecule has 1 aromatic rings. The topological polar surface area (TPSA) is 93.5 Å². The van der Waals surface area contributed by atoms with Crippen molar-refractivity contribution in [2.45, 2.75) is 25.4 Å². The standard InChI is InChI=1S/C15H21N3O3.ClH/c16-8-9-17-14(19)11-5-1-2-6-12(11)18-15(20)13-7-3-4-10-21-13;/h1-2,5-6,13H,3-4,7-10,16H2,(H,17,19)(H,18,20);1H. The number of ether oxygens (including phenoxy) is 1. The van der Waals surface area contributed by atoms with Gasteiger partial charge in [-0.15, -0.1) is 12.4 Å². The van der Waals surface area contributed by atoms with Gasteiger partial charge in [0.1, 0.15) is 6.10 Å². The number of hydrogen-bond acceptors (Lipinski definition) is 4. The lowest BCUT2D eigenvalue weighted by Gasteiger charge is -2.22. The molecule has 6 nitrogen and oxygen atoms in total. The number of carbonyl (C=O) groups is 2. The van der Waals surface area contributed by atoms with Crippen molar-refractivity contribution in [2.24, 2.45) is 5.73 Å². The predicted molar refractivity (Wildman–Crippen MR) is 87.3 cm³/mol. The monoisotopic (exact) mass is 327 g/mol. The lowest BCUT2D eigenvalue weighted by atomic mass is 10.1. The normalized spacial score (nSPS) is 17.2. The minimum Gasteiger partial charge on any atom is -0.368 e. The van der Waals surface area contributed by atoms with Crippen LogP contribution in [0.4, 0.5) is 5.69 Å². The number of halogens is 1. The minimum absolute atomic E-state index is 0. The smallest absolute Gasteiger partial charge is 0.253 e. The highest BCUT2D eigenvalue weighted by Gasteiger charge is 2.23. The van der Waals surface area contributed by atoms with E-state index in [9.17, 15) is 9.59 Å². The van der Waals surface area contributed by atoms with E-state index in [1.165, 1.54) is 0 Å². The molecule has 1 fully saturated rings. The lowest BCUT2D eigenvalue weighted by Crippen LogP contribution is -2.34. The summed E-state index contributed by atoms with van der Waals surface area (Å²) in [6.07, 6.45) is 2.25. The van der Waals surface area contributed by atoms with Crippen LogP contribution >= 0.6 is 12.4 Å². The Bertz CT molecular complexity index is 505. The Morgan fingerprint density at radius 3 is 2.73 bits per heavy atom. The molecule has 7 heteroatoms. The SMILES string of the molecule is Cl.NCCNC(=O)c1ccccc1NC(=O)C1CCCCO1. The molecule has 1 unspecified atom stereocenters. The molecule has 2 rings (SSSR count). The van der Waals surface area contributed by atoms with E-state index in [-0.39, 0.29) is 24.2 Å². The summed E-state index contributed by atoms with van der Waals surface area (Å²) in [7, 11) is 0. The van der Waals surface area contributed by atoms with Crippen LogP contribution in [0, 0.1) is 0 Å². The summed E-state index contributed by atoms with van der Waals surface area (Å²) in [4.78, 5) is 24.2. The van der Waals surface area contributed by atoms with Crippen molar-refractivity contribution < 1.29 is 14.3 Å². The van der Waals surface area contributed by atoms with Gasteiger partial charge < -0.3 is 21.1 Å². The Morgan fingerprint density at radius 1 is 1.27 bits per heavy atom. The van der Waals surface area contributed by atoms with E-state index in [4.69, 9.17) is 10.5 Å². The van der Waals surface area contributed by atoms with Crippen molar-refractivity contribution in [3.05, 3.63) is 29.8 Å². The maximum atomic E-state index is 12.2. The van der Waals surface area contributed by atoms with Gasteiger partial charge in [-0.1, -0.05) is 12.1 Å². The molecule has 1 saturated heterocycles. The highest BCUT2D eigenvalue weighted by molar-refractivity contribution is 6.04. The summed E-state index contributed by atoms with van der Waals surface area (Å²) in [5, 5.41) is 5.48. The molecule has 1 aromatic carbocycles. The van der Waals surface area contributed by atoms with E-state index in [1.54, 1.807) is 24.3 Å². The fraction of sp³-hybridized carbons (Fsp3) is 0.467. The molecule has 1 atom stereocenters. The Morgan fingerprint density at radius 2 is 2.05 bits per heavy atom. The Balaban J connectivity index is 0.00000242. The molecule has 122 valence electrons. The van der Waals surface area contributed by atoms with Crippen molar-refractivity contribution in [3.8, 4) is 0 Å². The van der Waals surface area contributed by atoms with E-state index in [1.807, 2.05) is 0 Å². The quantitative estimate of drug-likeness (QED) is 0.760. The molecule has 1 aliphatic heterocycles. The molecular formula is C15H22ClN3O3. The van der Waals surface area contributed by atoms with E-state index in [2.05, 4.69) is 10.6 Å². The molecule has 22 heavy (non-hydrogen) atoms. The zero-order chi connectivity index (χ0) is 15.1. The van der Waals surface area contributed by atoms with Gasteiger partial charge in [0.15, 0.2) is 0 Å². The van der Waals surface area contributed by atoms with E-state index in [0.29, 0.717) is 37.4 Å². The lowest BCUT2D eigenvalue weighted by molar-refractivity contribution is -0.129. The summed E-state index contributed by atoms with van der Waals surface area (Å²) in [6.45, 7) is 1.37. The van der Waals surface area contributed by atoms with Crippen molar-refractivity contribution in [3.63, 3.8) is 0 Å². The zero-order valence-electron chi connectivity index (χ0n) is 12.3. The Hall–Kier alpha value is -1.63. The summed E-state index contributed by atoms with van der Waals surface area (Å²) >= 11 is 0. The molecule has 0 radical (unpaired) electrons. The third-order valence-corrected chi connectivity index (χ3v) is 3.33. The third-order valence-electron chi connectivity index (χ3n) is 3.33. The number of carbonyl (C=O) groups excluding carboxylic acids is 2. The number of nitrogens with two attached hydrogens (primary N) is 1. The highest BCUT2D eigenvalue weighted by atomic mass is 35.5. The second-order valence-electron chi connectivity index (χ2n) is 4.93. The largest absolute Gasteiger partial charge is 0.368 e. The van der Waals surface area contributed by atoms with Gasteiger partial charge in [0, 0.05) is 19.7 Å². The van der Waals surface area contributed by atoms with Gasteiger partial charge in [-0.05, 0) is 31.4 Å². The maximum Gasteiger partial charge on any atom is 0.253 e. The van der Waals surface area contributed by atoms with Crippen molar-refractivity contribution in [1.82, 2.24) is 5.32 Å². The predicted octanol–water partition coefficient (Wildman–Crippen LogP) is 1.30. The van der Waals surface area contributed by atoms with Crippen LogP contribution in [0.1, 0.15) is 29.6 Å². The molecule has 1 aliphatic rings. The first kappa shape index (κ1) is 18.4. The van der Waals surface area contributed by atoms with Gasteiger partial charge in [0.2, 0.25) is 0 Å². The van der Waals surface area contributed by atoms with Crippen LogP contribution < -0.4 is 16.4 Å². The van der Waals surface area contributed by atoms with Gasteiger partial charge in [-0.2, -0.15) is 0 Å². The Kier molecular flexibility index (Phi) is 7.87. The van der Waals surface area contributed by atoms with Crippen LogP contribution in [-0.4, -0.2) is 37.6 Å². The van der Waals surface area contributed by atoms with E-state index >= 15 is 0 Å². The fourth-order valence-electron chi connectivity index (χ4n) is 2.23. The van der Waals surface area contributed by atoms with Gasteiger partial charge in [-0.25, -0.2) is 0 Å². The van der Waals surface area contributed by atoms with E-state index in [0.717, 1.165) is 12.8 Å². The van der Waals surface area contributed by atoms with Crippen LogP contribution in [0.15, 0.2) is 24.3 Å². The molecular weight excluding hydrogens is 306 g/mol. The minimum atomic E-state index is -0.432. The second kappa shape index (κ2) is 9.40. The van der Waals surface area contributed by atoms with Gasteiger partial charge >= 0.3 is 0 Å². The molecule has 0 bridgehead atoms. The van der Waals surface area contributed by atoms with Gasteiger partial charge in [0.25, 0.3) is 11.8 Å². The first-order valence-corrected chi connectivity index (χ1v) is 7.22. The summed E-state index contributed by atoms with van der Waals surface area (Å²) in [5.41, 5.74) is 6.29. The number of benzene rings is 1. The summed E-state index contributed by atoms with van der Waals surface area (Å²) < 4.78 is 5.45. The molecule has 0 aliphatic carbocycles. The zero-order valence-corrected chi connectivity index (χ0v) is 13.2. The average molecular weight is 328 g/mol. The van der Waals surface area contributed by atoms with Crippen LogP contribution in [-0.2, 0) is 9.53 Å². The molecule has 4 N–H and O–H groups in total. The highest BCUT2D eigenvalue weighted by Crippen LogP contribution is 2.18. The number of hydrogen-bond donors (Lipinski definition) is 3. The maximum absolute atomic E-state index is 12.2. The molecule has 1 heterocycles. The fourth-order valence-corrected chi connectivity index (χ4v) is 2.23. The third kappa shape index (κ3) is 4.98. The number of amides is 2. The number of para-hydroxylation sites is 1. The first-order chi connectivity index (χ1) is 10.2. The van der Waals surface area contributed by atoms with Crippen molar-refractivity contribution >= 4 is 29.9 Å². The molecule has 2 amide bonds. The molecule has 0 aromatic heterocycles. The second-order valence-corrected chi connectivity index (χ2v) is 4.93. The number of anilines is 1. The van der Waals surface area contributed by atoms with Gasteiger partial charge in [0.05, 0.1) is 11.3 Å². The van der Waals surface area contributed by atoms with Crippen LogP contribution in [0.5, 0.6) is 0 Å². The van der Waals surface area contributed by atoms with Crippen LogP contribution in [0.2, 0.25) is 0 Å². The summed E-state index contributed by atoms with van der Waals surface area (Å²) in [5.74, 6) is -0.449. The first-order valence-electron chi connectivity index (χ1n) is 7.22. The van der Waals surface area contributed by atoms with Gasteiger partial charge in [-0.3, -0.25) is 9.59 Å². The summed E-state index contributed by atoms with van der Waals surface area (Å²) in [6, 6.07) is 6.91. The van der Waals surface area contributed by atoms with E-state index < -0.39 is 6.10 Å². The average Bonchev–Trinajstić information content (AvgIpc) is 2.54. The number of rotatable bonds is 5. The van der Waals surface area contributed by atoms with Crippen LogP contribution in [0.25, 0.3) is 0 Å². The molecule has 0 spiro atoms. The number of nitrogens with one attached hydrogen (secondary N) is 2. The Labute approximate surface area is 136 Å².